The third-order valence-electron chi connectivity index (χ3n) is 3.75. The number of benzene rings is 1. The van der Waals surface area contributed by atoms with Crippen molar-refractivity contribution in [3.63, 3.8) is 0 Å². The maximum Gasteiger partial charge on any atom is 0.271 e. The second-order valence-corrected chi connectivity index (χ2v) is 5.07. The molecule has 6 nitrogen and oxygen atoms in total. The zero-order valence-corrected chi connectivity index (χ0v) is 10.4. The summed E-state index contributed by atoms with van der Waals surface area (Å²) in [6.07, 6.45) is 2.79. The van der Waals surface area contributed by atoms with Crippen LogP contribution in [0.5, 0.6) is 0 Å². The number of anilines is 1. The van der Waals surface area contributed by atoms with Crippen LogP contribution in [0, 0.1) is 10.1 Å². The van der Waals surface area contributed by atoms with E-state index in [9.17, 15) is 14.9 Å². The van der Waals surface area contributed by atoms with Crippen molar-refractivity contribution in [2.24, 2.45) is 0 Å². The zero-order chi connectivity index (χ0) is 13.5. The van der Waals surface area contributed by atoms with Crippen LogP contribution >= 0.6 is 0 Å². The van der Waals surface area contributed by atoms with Crippen LogP contribution < -0.4 is 4.90 Å². The van der Waals surface area contributed by atoms with Crippen LogP contribution in [0.15, 0.2) is 18.2 Å². The minimum absolute atomic E-state index is 0.0111. The van der Waals surface area contributed by atoms with Crippen LogP contribution in [0.1, 0.15) is 23.2 Å². The largest absolute Gasteiger partial charge is 0.371 e. The topological polar surface area (TPSA) is 72.7 Å². The number of hydrogen-bond donors (Lipinski definition) is 0. The van der Waals surface area contributed by atoms with Gasteiger partial charge in [-0.3, -0.25) is 14.9 Å². The van der Waals surface area contributed by atoms with Crippen molar-refractivity contribution in [2.75, 3.05) is 24.6 Å². The highest BCUT2D eigenvalue weighted by molar-refractivity contribution is 5.85. The quantitative estimate of drug-likeness (QED) is 0.471. The lowest BCUT2D eigenvalue weighted by Gasteiger charge is -2.35. The predicted octanol–water partition coefficient (Wildman–Crippen LogP) is 1.78. The SMILES string of the molecule is O=Cc1ccc([N+](=O)[O-])cc1N1CCOC2(CC2)C1. The van der Waals surface area contributed by atoms with Gasteiger partial charge in [-0.25, -0.2) is 0 Å². The van der Waals surface area contributed by atoms with Gasteiger partial charge in [-0.05, 0) is 18.9 Å². The van der Waals surface area contributed by atoms with Crippen molar-refractivity contribution in [1.29, 1.82) is 0 Å². The van der Waals surface area contributed by atoms with E-state index in [0.29, 0.717) is 30.9 Å². The first-order chi connectivity index (χ1) is 9.13. The van der Waals surface area contributed by atoms with E-state index in [1.54, 1.807) is 0 Å². The Bertz CT molecular complexity index is 539. The van der Waals surface area contributed by atoms with Crippen molar-refractivity contribution < 1.29 is 14.5 Å². The first-order valence-corrected chi connectivity index (χ1v) is 6.26. The molecule has 0 atom stereocenters. The molecule has 0 bridgehead atoms. The molecule has 1 aliphatic carbocycles. The number of nitro benzene ring substituents is 1. The van der Waals surface area contributed by atoms with E-state index in [2.05, 4.69) is 0 Å². The van der Waals surface area contributed by atoms with E-state index in [4.69, 9.17) is 4.74 Å². The van der Waals surface area contributed by atoms with Gasteiger partial charge in [0.1, 0.15) is 0 Å². The molecule has 100 valence electrons. The van der Waals surface area contributed by atoms with Crippen molar-refractivity contribution >= 4 is 17.7 Å². The second kappa shape index (κ2) is 4.31. The van der Waals surface area contributed by atoms with E-state index < -0.39 is 4.92 Å². The molecular formula is C13H14N2O4. The molecule has 1 saturated heterocycles. The van der Waals surface area contributed by atoms with Gasteiger partial charge >= 0.3 is 0 Å². The molecule has 0 N–H and O–H groups in total. The third-order valence-corrected chi connectivity index (χ3v) is 3.75. The Morgan fingerprint density at radius 1 is 1.42 bits per heavy atom. The van der Waals surface area contributed by atoms with Gasteiger partial charge in [-0.1, -0.05) is 0 Å². The number of morpholine rings is 1. The van der Waals surface area contributed by atoms with Crippen molar-refractivity contribution in [3.05, 3.63) is 33.9 Å². The van der Waals surface area contributed by atoms with Crippen LogP contribution in [0.2, 0.25) is 0 Å². The fourth-order valence-electron chi connectivity index (χ4n) is 2.51. The highest BCUT2D eigenvalue weighted by Crippen LogP contribution is 2.43. The van der Waals surface area contributed by atoms with Gasteiger partial charge in [0.2, 0.25) is 0 Å². The van der Waals surface area contributed by atoms with Crippen LogP contribution in [-0.4, -0.2) is 36.5 Å². The summed E-state index contributed by atoms with van der Waals surface area (Å²) >= 11 is 0. The van der Waals surface area contributed by atoms with E-state index in [-0.39, 0.29) is 11.3 Å². The summed E-state index contributed by atoms with van der Waals surface area (Å²) in [5.41, 5.74) is 1.06. The van der Waals surface area contributed by atoms with Crippen LogP contribution in [0.4, 0.5) is 11.4 Å². The molecule has 1 aromatic carbocycles. The lowest BCUT2D eigenvalue weighted by molar-refractivity contribution is -0.384. The smallest absolute Gasteiger partial charge is 0.271 e. The molecule has 0 radical (unpaired) electrons. The summed E-state index contributed by atoms with van der Waals surface area (Å²) < 4.78 is 5.72. The van der Waals surface area contributed by atoms with Crippen molar-refractivity contribution in [1.82, 2.24) is 0 Å². The molecular weight excluding hydrogens is 248 g/mol. The number of hydrogen-bond acceptors (Lipinski definition) is 5. The fraction of sp³-hybridized carbons (Fsp3) is 0.462. The molecule has 2 fully saturated rings. The van der Waals surface area contributed by atoms with Gasteiger partial charge in [0.15, 0.2) is 6.29 Å². The van der Waals surface area contributed by atoms with Gasteiger partial charge in [0, 0.05) is 30.8 Å². The number of ether oxygens (including phenoxy) is 1. The van der Waals surface area contributed by atoms with E-state index in [1.165, 1.54) is 18.2 Å². The molecule has 1 aromatic rings. The number of carbonyl (C=O) groups is 1. The summed E-state index contributed by atoms with van der Waals surface area (Å²) in [5, 5.41) is 10.8. The number of carbonyl (C=O) groups excluding carboxylic acids is 1. The molecule has 0 amide bonds. The molecule has 1 heterocycles. The van der Waals surface area contributed by atoms with Gasteiger partial charge in [-0.15, -0.1) is 0 Å². The molecule has 0 unspecified atom stereocenters. The Hall–Kier alpha value is -1.95. The minimum atomic E-state index is -0.439. The number of aldehydes is 1. The van der Waals surface area contributed by atoms with Crippen LogP contribution in [-0.2, 0) is 4.74 Å². The highest BCUT2D eigenvalue weighted by Gasteiger charge is 2.47. The van der Waals surface area contributed by atoms with E-state index >= 15 is 0 Å². The molecule has 1 saturated carbocycles. The molecule has 1 spiro atoms. The molecule has 3 rings (SSSR count). The zero-order valence-electron chi connectivity index (χ0n) is 10.4. The highest BCUT2D eigenvalue weighted by atomic mass is 16.6. The molecule has 1 aliphatic heterocycles. The van der Waals surface area contributed by atoms with Crippen LogP contribution in [0.3, 0.4) is 0 Å². The first-order valence-electron chi connectivity index (χ1n) is 6.26. The molecule has 0 aromatic heterocycles. The number of rotatable bonds is 3. The Morgan fingerprint density at radius 3 is 2.84 bits per heavy atom. The number of nitro groups is 1. The summed E-state index contributed by atoms with van der Waals surface area (Å²) in [6, 6.07) is 4.35. The van der Waals surface area contributed by atoms with E-state index in [1.807, 2.05) is 4.90 Å². The Kier molecular flexibility index (Phi) is 2.74. The molecule has 2 aliphatic rings. The third kappa shape index (κ3) is 2.19. The second-order valence-electron chi connectivity index (χ2n) is 5.07. The first kappa shape index (κ1) is 12.1. The molecule has 6 heteroatoms. The van der Waals surface area contributed by atoms with E-state index in [0.717, 1.165) is 19.1 Å². The van der Waals surface area contributed by atoms with Crippen molar-refractivity contribution in [3.8, 4) is 0 Å². The molecule has 19 heavy (non-hydrogen) atoms. The van der Waals surface area contributed by atoms with Gasteiger partial charge in [-0.2, -0.15) is 0 Å². The number of non-ortho nitro benzene ring substituents is 1. The average molecular weight is 262 g/mol. The normalized spacial score (nSPS) is 20.3. The maximum atomic E-state index is 11.1. The summed E-state index contributed by atoms with van der Waals surface area (Å²) in [6.45, 7) is 1.96. The summed E-state index contributed by atoms with van der Waals surface area (Å²) in [4.78, 5) is 23.5. The van der Waals surface area contributed by atoms with Crippen molar-refractivity contribution in [2.45, 2.75) is 18.4 Å². The summed E-state index contributed by atoms with van der Waals surface area (Å²) in [5.74, 6) is 0. The standard InChI is InChI=1S/C13H14N2O4/c16-8-10-1-2-11(15(17)18)7-12(10)14-5-6-19-13(9-14)3-4-13/h1-2,7-8H,3-6,9H2. The Labute approximate surface area is 110 Å². The minimum Gasteiger partial charge on any atom is -0.371 e. The van der Waals surface area contributed by atoms with Gasteiger partial charge in [0.05, 0.1) is 22.8 Å². The lowest BCUT2D eigenvalue weighted by atomic mass is 10.1. The average Bonchev–Trinajstić information content (AvgIpc) is 3.17. The van der Waals surface area contributed by atoms with Crippen LogP contribution in [0.25, 0.3) is 0 Å². The Balaban J connectivity index is 1.95. The summed E-state index contributed by atoms with van der Waals surface area (Å²) in [7, 11) is 0. The number of nitrogens with zero attached hydrogens (tertiary/aromatic N) is 2. The lowest BCUT2D eigenvalue weighted by Crippen LogP contribution is -2.44. The van der Waals surface area contributed by atoms with Gasteiger partial charge < -0.3 is 9.64 Å². The van der Waals surface area contributed by atoms with Gasteiger partial charge in [0.25, 0.3) is 5.69 Å². The monoisotopic (exact) mass is 262 g/mol. The predicted molar refractivity (Wildman–Crippen MR) is 68.6 cm³/mol. The fourth-order valence-corrected chi connectivity index (χ4v) is 2.51. The Morgan fingerprint density at radius 2 is 2.21 bits per heavy atom. The maximum absolute atomic E-state index is 11.1.